The molecule has 1 aromatic heterocycles. The molecule has 2 aliphatic rings. The summed E-state index contributed by atoms with van der Waals surface area (Å²) in [6, 6.07) is 0.725. The molecule has 2 fully saturated rings. The predicted molar refractivity (Wildman–Crippen MR) is 82.2 cm³/mol. The van der Waals surface area contributed by atoms with E-state index in [1.54, 1.807) is 0 Å². The molecule has 11 heteroatoms. The van der Waals surface area contributed by atoms with Crippen molar-refractivity contribution in [1.82, 2.24) is 9.55 Å². The van der Waals surface area contributed by atoms with E-state index < -0.39 is 48.5 Å². The van der Waals surface area contributed by atoms with E-state index in [9.17, 15) is 14.7 Å². The molecule has 11 nitrogen and oxygen atoms in total. The fraction of sp³-hybridized carbons (Fsp3) is 0.643. The van der Waals surface area contributed by atoms with Crippen LogP contribution in [-0.2, 0) is 14.3 Å². The second-order valence-electron chi connectivity index (χ2n) is 6.04. The van der Waals surface area contributed by atoms with Crippen LogP contribution in [0.3, 0.4) is 0 Å². The number of epoxide rings is 1. The van der Waals surface area contributed by atoms with E-state index in [-0.39, 0.29) is 25.3 Å². The highest BCUT2D eigenvalue weighted by Gasteiger charge is 2.42. The first-order chi connectivity index (χ1) is 11.9. The van der Waals surface area contributed by atoms with Crippen molar-refractivity contribution in [2.75, 3.05) is 11.9 Å². The third-order valence-electron chi connectivity index (χ3n) is 4.08. The van der Waals surface area contributed by atoms with Gasteiger partial charge in [0.05, 0.1) is 12.7 Å². The lowest BCUT2D eigenvalue weighted by atomic mass is 10.1. The van der Waals surface area contributed by atoms with Crippen LogP contribution in [0, 0.1) is 0 Å². The lowest BCUT2D eigenvalue weighted by Crippen LogP contribution is -2.34. The molecular weight excluding hydrogens is 336 g/mol. The van der Waals surface area contributed by atoms with Gasteiger partial charge in [0.25, 0.3) is 0 Å². The number of rotatable bonds is 6. The molecule has 1 aromatic rings. The largest absolute Gasteiger partial charge is 0.394 e. The Morgan fingerprint density at radius 1 is 1.48 bits per heavy atom. The Bertz CT molecular complexity index is 696. The van der Waals surface area contributed by atoms with Crippen LogP contribution in [0.25, 0.3) is 0 Å². The topological polar surface area (TPSA) is 172 Å². The first-order valence-corrected chi connectivity index (χ1v) is 7.81. The van der Waals surface area contributed by atoms with Crippen LogP contribution in [0.4, 0.5) is 5.82 Å². The maximum atomic E-state index is 12.1. The SMILES string of the molecule is NC(CC(=O)Nc1ccn([C@@H]2O[C@H](CO)CC2O)c(=O)n1)C1OC1O. The molecule has 0 aliphatic carbocycles. The van der Waals surface area contributed by atoms with Crippen molar-refractivity contribution in [3.63, 3.8) is 0 Å². The monoisotopic (exact) mass is 356 g/mol. The number of nitrogens with two attached hydrogens (primary N) is 1. The van der Waals surface area contributed by atoms with Gasteiger partial charge in [0.2, 0.25) is 5.91 Å². The summed E-state index contributed by atoms with van der Waals surface area (Å²) < 4.78 is 11.3. The van der Waals surface area contributed by atoms with Crippen LogP contribution in [0.2, 0.25) is 0 Å². The number of aromatic nitrogens is 2. The number of anilines is 1. The average molecular weight is 356 g/mol. The molecule has 2 saturated heterocycles. The summed E-state index contributed by atoms with van der Waals surface area (Å²) in [4.78, 5) is 27.7. The van der Waals surface area contributed by atoms with Gasteiger partial charge in [0.1, 0.15) is 18.0 Å². The smallest absolute Gasteiger partial charge is 0.351 e. The molecule has 0 aromatic carbocycles. The van der Waals surface area contributed by atoms with Gasteiger partial charge in [-0.3, -0.25) is 9.36 Å². The number of hydrogen-bond acceptors (Lipinski definition) is 9. The number of carbonyl (C=O) groups excluding carboxylic acids is 1. The molecule has 6 N–H and O–H groups in total. The van der Waals surface area contributed by atoms with Crippen molar-refractivity contribution >= 4 is 11.7 Å². The molecule has 1 amide bonds. The summed E-state index contributed by atoms with van der Waals surface area (Å²) in [6.45, 7) is -0.260. The molecule has 2 aliphatic heterocycles. The second kappa shape index (κ2) is 7.15. The van der Waals surface area contributed by atoms with Crippen molar-refractivity contribution in [2.45, 2.75) is 49.7 Å². The van der Waals surface area contributed by atoms with Gasteiger partial charge in [-0.1, -0.05) is 0 Å². The first kappa shape index (κ1) is 17.9. The van der Waals surface area contributed by atoms with E-state index in [0.717, 1.165) is 4.57 Å². The lowest BCUT2D eigenvalue weighted by Gasteiger charge is -2.17. The summed E-state index contributed by atoms with van der Waals surface area (Å²) in [6.07, 6.45) is -2.49. The van der Waals surface area contributed by atoms with Crippen LogP contribution >= 0.6 is 0 Å². The van der Waals surface area contributed by atoms with E-state index in [1.165, 1.54) is 12.3 Å². The number of nitrogens with one attached hydrogen (secondary N) is 1. The summed E-state index contributed by atoms with van der Waals surface area (Å²) in [5, 5.41) is 30.5. The molecular formula is C14H20N4O7. The highest BCUT2D eigenvalue weighted by Crippen LogP contribution is 2.27. The Labute approximate surface area is 142 Å². The number of ether oxygens (including phenoxy) is 2. The standard InChI is InChI=1S/C14H20N4O7/c15-7(11-13(22)25-11)4-10(21)16-9-1-2-18(14(23)17-9)12-8(20)3-6(5-19)24-12/h1-2,6-8,11-13,19-20,22H,3-5,15H2,(H,16,17,21,23)/t6-,7?,8?,11?,12+,13?/m0/s1. The van der Waals surface area contributed by atoms with Crippen molar-refractivity contribution in [1.29, 1.82) is 0 Å². The molecule has 138 valence electrons. The van der Waals surface area contributed by atoms with Gasteiger partial charge in [0.15, 0.2) is 12.5 Å². The minimum atomic E-state index is -0.944. The van der Waals surface area contributed by atoms with Crippen LogP contribution in [0.1, 0.15) is 19.1 Å². The van der Waals surface area contributed by atoms with Gasteiger partial charge in [-0.2, -0.15) is 4.98 Å². The molecule has 4 unspecified atom stereocenters. The van der Waals surface area contributed by atoms with Crippen LogP contribution < -0.4 is 16.7 Å². The van der Waals surface area contributed by atoms with Crippen molar-refractivity contribution in [2.24, 2.45) is 5.73 Å². The van der Waals surface area contributed by atoms with Gasteiger partial charge in [-0.05, 0) is 6.07 Å². The Kier molecular flexibility index (Phi) is 5.13. The van der Waals surface area contributed by atoms with Gasteiger partial charge in [0, 0.05) is 25.1 Å². The number of aliphatic hydroxyl groups is 3. The summed E-state index contributed by atoms with van der Waals surface area (Å²) >= 11 is 0. The lowest BCUT2D eigenvalue weighted by molar-refractivity contribution is -0.116. The molecule has 0 saturated carbocycles. The maximum absolute atomic E-state index is 12.1. The maximum Gasteiger partial charge on any atom is 0.351 e. The first-order valence-electron chi connectivity index (χ1n) is 7.81. The van der Waals surface area contributed by atoms with Gasteiger partial charge < -0.3 is 35.8 Å². The Balaban J connectivity index is 1.62. The zero-order valence-electron chi connectivity index (χ0n) is 13.2. The van der Waals surface area contributed by atoms with E-state index in [1.807, 2.05) is 0 Å². The molecule has 6 atom stereocenters. The second-order valence-corrected chi connectivity index (χ2v) is 6.04. The highest BCUT2D eigenvalue weighted by molar-refractivity contribution is 5.90. The fourth-order valence-electron chi connectivity index (χ4n) is 2.73. The van der Waals surface area contributed by atoms with Gasteiger partial charge in [-0.25, -0.2) is 4.79 Å². The number of carbonyl (C=O) groups is 1. The average Bonchev–Trinajstić information content (AvgIpc) is 3.17. The summed E-state index contributed by atoms with van der Waals surface area (Å²) in [7, 11) is 0. The third kappa shape index (κ3) is 4.03. The van der Waals surface area contributed by atoms with Crippen molar-refractivity contribution in [3.8, 4) is 0 Å². The quantitative estimate of drug-likeness (QED) is 0.339. The van der Waals surface area contributed by atoms with E-state index in [2.05, 4.69) is 10.3 Å². The van der Waals surface area contributed by atoms with Gasteiger partial charge >= 0.3 is 5.69 Å². The number of hydrogen-bond donors (Lipinski definition) is 5. The minimum Gasteiger partial charge on any atom is -0.394 e. The number of aliphatic hydroxyl groups excluding tert-OH is 3. The Hall–Kier alpha value is -1.89. The molecule has 25 heavy (non-hydrogen) atoms. The van der Waals surface area contributed by atoms with Crippen LogP contribution in [0.15, 0.2) is 17.1 Å². The predicted octanol–water partition coefficient (Wildman–Crippen LogP) is -2.74. The van der Waals surface area contributed by atoms with Crippen molar-refractivity contribution < 1.29 is 29.6 Å². The minimum absolute atomic E-state index is 0.0295. The number of amides is 1. The zero-order chi connectivity index (χ0) is 18.1. The molecule has 0 radical (unpaired) electrons. The summed E-state index contributed by atoms with van der Waals surface area (Å²) in [5.41, 5.74) is 4.99. The highest BCUT2D eigenvalue weighted by atomic mass is 16.7. The molecule has 0 spiro atoms. The molecule has 3 heterocycles. The van der Waals surface area contributed by atoms with E-state index >= 15 is 0 Å². The van der Waals surface area contributed by atoms with E-state index in [4.69, 9.17) is 25.4 Å². The van der Waals surface area contributed by atoms with Crippen molar-refractivity contribution in [3.05, 3.63) is 22.7 Å². The summed E-state index contributed by atoms with van der Waals surface area (Å²) in [5.74, 6) is -0.445. The number of nitrogens with zero attached hydrogens (tertiary/aromatic N) is 2. The van der Waals surface area contributed by atoms with E-state index in [0.29, 0.717) is 0 Å². The normalized spacial score (nSPS) is 32.4. The molecule has 0 bridgehead atoms. The van der Waals surface area contributed by atoms with Crippen LogP contribution in [-0.4, -0.2) is 68.0 Å². The fourth-order valence-corrected chi connectivity index (χ4v) is 2.73. The zero-order valence-corrected chi connectivity index (χ0v) is 13.2. The third-order valence-corrected chi connectivity index (χ3v) is 4.08. The molecule has 3 rings (SSSR count). The van der Waals surface area contributed by atoms with Crippen LogP contribution in [0.5, 0.6) is 0 Å². The Morgan fingerprint density at radius 3 is 2.76 bits per heavy atom. The Morgan fingerprint density at radius 2 is 2.20 bits per heavy atom. The van der Waals surface area contributed by atoms with Gasteiger partial charge in [-0.15, -0.1) is 0 Å².